The van der Waals surface area contributed by atoms with Gasteiger partial charge in [-0.05, 0) is 71.8 Å². The molecule has 50 heavy (non-hydrogen) atoms. The van der Waals surface area contributed by atoms with Gasteiger partial charge >= 0.3 is 0 Å². The molecule has 10 rings (SSSR count). The number of aromatic nitrogens is 4. The SMILES string of the molecule is c1ccc(-c2cc(-n3c4ccccc4c4cc(-c5ccc6c7cccnc7n(-c7ccccc7)c6c5)ccc43)cc(-c3ccccc3)n2)cc1. The predicted octanol–water partition coefficient (Wildman–Crippen LogP) is 11.7. The second-order valence-corrected chi connectivity index (χ2v) is 12.7. The highest BCUT2D eigenvalue weighted by Crippen LogP contribution is 2.38. The molecule has 0 fully saturated rings. The first-order valence-corrected chi connectivity index (χ1v) is 16.9. The summed E-state index contributed by atoms with van der Waals surface area (Å²) < 4.78 is 4.66. The van der Waals surface area contributed by atoms with Gasteiger partial charge in [0.05, 0.1) is 33.6 Å². The molecule has 0 aliphatic heterocycles. The summed E-state index contributed by atoms with van der Waals surface area (Å²) >= 11 is 0. The van der Waals surface area contributed by atoms with Crippen LogP contribution in [0, 0.1) is 0 Å². The first kappa shape index (κ1) is 28.3. The van der Waals surface area contributed by atoms with Crippen LogP contribution in [0.2, 0.25) is 0 Å². The van der Waals surface area contributed by atoms with Crippen molar-refractivity contribution in [2.75, 3.05) is 0 Å². The first-order valence-electron chi connectivity index (χ1n) is 16.9. The largest absolute Gasteiger partial charge is 0.309 e. The Morgan fingerprint density at radius 3 is 1.66 bits per heavy atom. The van der Waals surface area contributed by atoms with Gasteiger partial charge in [-0.25, -0.2) is 9.97 Å². The van der Waals surface area contributed by atoms with Crippen molar-refractivity contribution in [2.45, 2.75) is 0 Å². The third-order valence-electron chi connectivity index (χ3n) is 9.76. The summed E-state index contributed by atoms with van der Waals surface area (Å²) in [5.74, 6) is 0. The summed E-state index contributed by atoms with van der Waals surface area (Å²) in [6, 6.07) is 62.4. The Kier molecular flexibility index (Phi) is 6.46. The average molecular weight is 639 g/mol. The molecular formula is C46H30N4. The van der Waals surface area contributed by atoms with Gasteiger partial charge < -0.3 is 4.57 Å². The van der Waals surface area contributed by atoms with E-state index in [0.29, 0.717) is 0 Å². The monoisotopic (exact) mass is 638 g/mol. The van der Waals surface area contributed by atoms with Crippen molar-refractivity contribution in [1.82, 2.24) is 19.1 Å². The zero-order valence-corrected chi connectivity index (χ0v) is 27.1. The smallest absolute Gasteiger partial charge is 0.145 e. The van der Waals surface area contributed by atoms with E-state index in [0.717, 1.165) is 67.0 Å². The summed E-state index contributed by atoms with van der Waals surface area (Å²) in [6.07, 6.45) is 1.87. The number of hydrogen-bond donors (Lipinski definition) is 0. The average Bonchev–Trinajstić information content (AvgIpc) is 3.71. The van der Waals surface area contributed by atoms with E-state index in [-0.39, 0.29) is 0 Å². The van der Waals surface area contributed by atoms with Crippen LogP contribution >= 0.6 is 0 Å². The number of nitrogens with zero attached hydrogens (tertiary/aromatic N) is 4. The van der Waals surface area contributed by atoms with Gasteiger partial charge in [0, 0.05) is 44.6 Å². The fraction of sp³-hybridized carbons (Fsp3) is 0. The molecule has 10 aromatic rings. The number of para-hydroxylation sites is 2. The van der Waals surface area contributed by atoms with E-state index in [2.05, 4.69) is 167 Å². The number of fused-ring (bicyclic) bond motifs is 6. The van der Waals surface area contributed by atoms with Crippen LogP contribution in [0.5, 0.6) is 0 Å². The molecule has 0 aliphatic carbocycles. The highest BCUT2D eigenvalue weighted by Gasteiger charge is 2.18. The first-order chi connectivity index (χ1) is 24.8. The molecular weight excluding hydrogens is 609 g/mol. The lowest BCUT2D eigenvalue weighted by atomic mass is 10.0. The molecule has 4 heterocycles. The maximum absolute atomic E-state index is 5.15. The van der Waals surface area contributed by atoms with Crippen molar-refractivity contribution in [2.24, 2.45) is 0 Å². The van der Waals surface area contributed by atoms with Crippen molar-refractivity contribution in [3.8, 4) is 45.0 Å². The molecule has 6 aromatic carbocycles. The maximum atomic E-state index is 5.15. The van der Waals surface area contributed by atoms with Crippen LogP contribution in [0.3, 0.4) is 0 Å². The second-order valence-electron chi connectivity index (χ2n) is 12.7. The van der Waals surface area contributed by atoms with Crippen LogP contribution in [-0.2, 0) is 0 Å². The minimum Gasteiger partial charge on any atom is -0.309 e. The van der Waals surface area contributed by atoms with Crippen LogP contribution in [0.25, 0.3) is 88.8 Å². The van der Waals surface area contributed by atoms with Gasteiger partial charge in [0.15, 0.2) is 0 Å². The Bertz CT molecular complexity index is 2790. The Hall–Kier alpha value is -6.78. The number of benzene rings is 6. The number of hydrogen-bond acceptors (Lipinski definition) is 2. The molecule has 4 aromatic heterocycles. The van der Waals surface area contributed by atoms with E-state index in [9.17, 15) is 0 Å². The van der Waals surface area contributed by atoms with E-state index in [1.54, 1.807) is 0 Å². The summed E-state index contributed by atoms with van der Waals surface area (Å²) in [5, 5.41) is 4.77. The van der Waals surface area contributed by atoms with E-state index in [1.807, 2.05) is 24.4 Å². The highest BCUT2D eigenvalue weighted by atomic mass is 15.0. The highest BCUT2D eigenvalue weighted by molar-refractivity contribution is 6.12. The zero-order valence-electron chi connectivity index (χ0n) is 27.1. The maximum Gasteiger partial charge on any atom is 0.145 e. The Morgan fingerprint density at radius 1 is 0.340 bits per heavy atom. The molecule has 4 heteroatoms. The van der Waals surface area contributed by atoms with Crippen LogP contribution < -0.4 is 0 Å². The number of pyridine rings is 2. The molecule has 0 amide bonds. The van der Waals surface area contributed by atoms with Crippen molar-refractivity contribution in [1.29, 1.82) is 0 Å². The Labute approximate surface area is 289 Å². The fourth-order valence-corrected chi connectivity index (χ4v) is 7.45. The zero-order chi connectivity index (χ0) is 33.0. The molecule has 4 nitrogen and oxygen atoms in total. The molecule has 0 saturated heterocycles. The van der Waals surface area contributed by atoms with E-state index < -0.39 is 0 Å². The standard InChI is InChI=1S/C46H30N4/c1-4-13-31(14-5-1)41-29-36(30-42(48-41)32-15-6-2-7-16-32)49-43-21-11-10-19-37(43)40-27-33(23-25-44(40)49)34-22-24-38-39-20-12-26-47-46(39)50(45(38)28-34)35-17-8-3-9-18-35/h1-30H. The fourth-order valence-electron chi connectivity index (χ4n) is 7.45. The van der Waals surface area contributed by atoms with E-state index in [4.69, 9.17) is 9.97 Å². The lowest BCUT2D eigenvalue weighted by molar-refractivity contribution is 1.14. The van der Waals surface area contributed by atoms with Gasteiger partial charge in [0.2, 0.25) is 0 Å². The minimum absolute atomic E-state index is 0.945. The van der Waals surface area contributed by atoms with Crippen LogP contribution in [0.1, 0.15) is 0 Å². The summed E-state index contributed by atoms with van der Waals surface area (Å²) in [7, 11) is 0. The molecule has 0 N–H and O–H groups in total. The van der Waals surface area contributed by atoms with Crippen molar-refractivity contribution in [3.63, 3.8) is 0 Å². The molecule has 0 aliphatic rings. The molecule has 0 bridgehead atoms. The van der Waals surface area contributed by atoms with Gasteiger partial charge in [0.25, 0.3) is 0 Å². The van der Waals surface area contributed by atoms with Gasteiger partial charge in [-0.1, -0.05) is 115 Å². The predicted molar refractivity (Wildman–Crippen MR) is 207 cm³/mol. The van der Waals surface area contributed by atoms with Crippen LogP contribution in [0.4, 0.5) is 0 Å². The molecule has 0 radical (unpaired) electrons. The Balaban J connectivity index is 1.18. The van der Waals surface area contributed by atoms with Crippen molar-refractivity contribution in [3.05, 3.63) is 182 Å². The van der Waals surface area contributed by atoms with Crippen molar-refractivity contribution < 1.29 is 0 Å². The third kappa shape index (κ3) is 4.54. The van der Waals surface area contributed by atoms with Gasteiger partial charge in [-0.3, -0.25) is 4.57 Å². The summed E-state index contributed by atoms with van der Waals surface area (Å²) in [6.45, 7) is 0. The third-order valence-corrected chi connectivity index (χ3v) is 9.76. The Morgan fingerprint density at radius 2 is 0.920 bits per heavy atom. The lowest BCUT2D eigenvalue weighted by Gasteiger charge is -2.13. The van der Waals surface area contributed by atoms with Gasteiger partial charge in [0.1, 0.15) is 5.65 Å². The van der Waals surface area contributed by atoms with E-state index in [1.165, 1.54) is 21.7 Å². The summed E-state index contributed by atoms with van der Waals surface area (Å²) in [4.78, 5) is 9.96. The topological polar surface area (TPSA) is 35.6 Å². The van der Waals surface area contributed by atoms with E-state index >= 15 is 0 Å². The molecule has 0 unspecified atom stereocenters. The lowest BCUT2D eigenvalue weighted by Crippen LogP contribution is -1.98. The minimum atomic E-state index is 0.945. The number of rotatable bonds is 5. The molecule has 234 valence electrons. The van der Waals surface area contributed by atoms with Crippen molar-refractivity contribution >= 4 is 43.7 Å². The van der Waals surface area contributed by atoms with Gasteiger partial charge in [-0.2, -0.15) is 0 Å². The second kappa shape index (κ2) is 11.4. The molecule has 0 atom stereocenters. The molecule has 0 spiro atoms. The summed E-state index contributed by atoms with van der Waals surface area (Å²) in [5.41, 5.74) is 13.0. The quantitative estimate of drug-likeness (QED) is 0.188. The van der Waals surface area contributed by atoms with Gasteiger partial charge in [-0.15, -0.1) is 0 Å². The van der Waals surface area contributed by atoms with Crippen LogP contribution in [-0.4, -0.2) is 19.1 Å². The van der Waals surface area contributed by atoms with Crippen LogP contribution in [0.15, 0.2) is 182 Å². The molecule has 0 saturated carbocycles. The normalized spacial score (nSPS) is 11.6.